The molecule has 1 aliphatic carbocycles. The van der Waals surface area contributed by atoms with Crippen LogP contribution in [-0.2, 0) is 0 Å². The van der Waals surface area contributed by atoms with Crippen molar-refractivity contribution < 1.29 is 9.13 Å². The minimum Gasteiger partial charge on any atom is -0.493 e. The molecule has 0 saturated heterocycles. The molecule has 16 heavy (non-hydrogen) atoms. The van der Waals surface area contributed by atoms with E-state index in [2.05, 4.69) is 0 Å². The topological polar surface area (TPSA) is 35.2 Å². The third-order valence-electron chi connectivity index (χ3n) is 3.10. The number of anilines is 1. The average molecular weight is 223 g/mol. The minimum absolute atomic E-state index is 0.335. The second kappa shape index (κ2) is 5.19. The van der Waals surface area contributed by atoms with Crippen LogP contribution in [0.15, 0.2) is 18.2 Å². The van der Waals surface area contributed by atoms with Crippen LogP contribution in [-0.4, -0.2) is 6.61 Å². The third kappa shape index (κ3) is 3.12. The van der Waals surface area contributed by atoms with E-state index in [-0.39, 0.29) is 5.82 Å². The van der Waals surface area contributed by atoms with Crippen molar-refractivity contribution in [3.63, 3.8) is 0 Å². The van der Waals surface area contributed by atoms with Gasteiger partial charge in [0, 0.05) is 17.8 Å². The zero-order valence-corrected chi connectivity index (χ0v) is 9.42. The van der Waals surface area contributed by atoms with Crippen LogP contribution in [0.4, 0.5) is 10.1 Å². The van der Waals surface area contributed by atoms with E-state index in [0.29, 0.717) is 24.0 Å². The van der Waals surface area contributed by atoms with Gasteiger partial charge in [0.15, 0.2) is 0 Å². The Kier molecular flexibility index (Phi) is 3.65. The summed E-state index contributed by atoms with van der Waals surface area (Å²) in [6.45, 7) is 0.683. The number of nitrogens with two attached hydrogens (primary N) is 1. The maximum atomic E-state index is 13.0. The van der Waals surface area contributed by atoms with Gasteiger partial charge in [-0.05, 0) is 24.8 Å². The van der Waals surface area contributed by atoms with Crippen LogP contribution in [0.1, 0.15) is 32.1 Å². The Labute approximate surface area is 95.6 Å². The summed E-state index contributed by atoms with van der Waals surface area (Å²) in [5.41, 5.74) is 5.96. The van der Waals surface area contributed by atoms with E-state index in [4.69, 9.17) is 10.5 Å². The normalized spacial score (nSPS) is 17.3. The molecule has 0 aliphatic heterocycles. The summed E-state index contributed by atoms with van der Waals surface area (Å²) in [4.78, 5) is 0. The molecule has 0 amide bonds. The molecule has 0 aromatic heterocycles. The van der Waals surface area contributed by atoms with E-state index in [1.807, 2.05) is 0 Å². The summed E-state index contributed by atoms with van der Waals surface area (Å²) in [6, 6.07) is 4.36. The van der Waals surface area contributed by atoms with Crippen molar-refractivity contribution in [1.82, 2.24) is 0 Å². The van der Waals surface area contributed by atoms with Crippen LogP contribution in [0.2, 0.25) is 0 Å². The summed E-state index contributed by atoms with van der Waals surface area (Å²) >= 11 is 0. The van der Waals surface area contributed by atoms with Gasteiger partial charge in [-0.25, -0.2) is 4.39 Å². The highest BCUT2D eigenvalue weighted by Crippen LogP contribution is 2.25. The lowest BCUT2D eigenvalue weighted by Crippen LogP contribution is -2.15. The van der Waals surface area contributed by atoms with E-state index in [1.54, 1.807) is 6.07 Å². The molecular formula is C13H18FNO. The number of halogens is 1. The third-order valence-corrected chi connectivity index (χ3v) is 3.10. The first-order valence-corrected chi connectivity index (χ1v) is 5.93. The van der Waals surface area contributed by atoms with Crippen LogP contribution < -0.4 is 10.5 Å². The lowest BCUT2D eigenvalue weighted by atomic mass is 9.90. The largest absolute Gasteiger partial charge is 0.493 e. The molecule has 0 bridgehead atoms. The van der Waals surface area contributed by atoms with Gasteiger partial charge in [-0.3, -0.25) is 0 Å². The van der Waals surface area contributed by atoms with Gasteiger partial charge in [-0.2, -0.15) is 0 Å². The van der Waals surface area contributed by atoms with Crippen molar-refractivity contribution >= 4 is 5.69 Å². The molecule has 0 heterocycles. The van der Waals surface area contributed by atoms with E-state index in [1.165, 1.54) is 44.2 Å². The molecule has 1 fully saturated rings. The summed E-state index contributed by atoms with van der Waals surface area (Å²) in [6.07, 6.45) is 6.37. The molecule has 1 aromatic rings. The zero-order chi connectivity index (χ0) is 11.4. The van der Waals surface area contributed by atoms with Gasteiger partial charge in [0.05, 0.1) is 6.61 Å². The highest BCUT2D eigenvalue weighted by atomic mass is 19.1. The fraction of sp³-hybridized carbons (Fsp3) is 0.538. The second-order valence-electron chi connectivity index (χ2n) is 4.54. The number of ether oxygens (including phenoxy) is 1. The van der Waals surface area contributed by atoms with Crippen molar-refractivity contribution in [3.8, 4) is 5.75 Å². The van der Waals surface area contributed by atoms with Crippen LogP contribution in [0.25, 0.3) is 0 Å². The molecule has 1 aromatic carbocycles. The summed E-state index contributed by atoms with van der Waals surface area (Å²) in [7, 11) is 0. The quantitative estimate of drug-likeness (QED) is 0.797. The molecule has 1 saturated carbocycles. The number of hydrogen-bond acceptors (Lipinski definition) is 2. The van der Waals surface area contributed by atoms with Crippen LogP contribution >= 0.6 is 0 Å². The SMILES string of the molecule is Nc1cc(F)cc(OCC2CCCCC2)c1. The number of benzene rings is 1. The maximum absolute atomic E-state index is 13.0. The fourth-order valence-electron chi connectivity index (χ4n) is 2.24. The minimum atomic E-state index is -0.335. The monoisotopic (exact) mass is 223 g/mol. The van der Waals surface area contributed by atoms with Gasteiger partial charge in [0.2, 0.25) is 0 Å². The summed E-state index contributed by atoms with van der Waals surface area (Å²) in [5.74, 6) is 0.833. The molecule has 1 aliphatic rings. The molecule has 0 spiro atoms. The van der Waals surface area contributed by atoms with Crippen LogP contribution in [0, 0.1) is 11.7 Å². The number of nitrogen functional groups attached to an aromatic ring is 1. The van der Waals surface area contributed by atoms with E-state index >= 15 is 0 Å². The lowest BCUT2D eigenvalue weighted by molar-refractivity contribution is 0.208. The van der Waals surface area contributed by atoms with Gasteiger partial charge < -0.3 is 10.5 Å². The molecule has 0 atom stereocenters. The Morgan fingerprint density at radius 2 is 1.94 bits per heavy atom. The molecular weight excluding hydrogens is 205 g/mol. The Morgan fingerprint density at radius 1 is 1.19 bits per heavy atom. The average Bonchev–Trinajstić information content (AvgIpc) is 2.27. The molecule has 0 unspecified atom stereocenters. The van der Waals surface area contributed by atoms with E-state index < -0.39 is 0 Å². The van der Waals surface area contributed by atoms with E-state index in [0.717, 1.165) is 0 Å². The fourth-order valence-corrected chi connectivity index (χ4v) is 2.24. The number of rotatable bonds is 3. The maximum Gasteiger partial charge on any atom is 0.128 e. The first-order valence-electron chi connectivity index (χ1n) is 5.93. The summed E-state index contributed by atoms with van der Waals surface area (Å²) in [5, 5.41) is 0. The predicted molar refractivity (Wildman–Crippen MR) is 62.9 cm³/mol. The standard InChI is InChI=1S/C13H18FNO/c14-11-6-12(15)8-13(7-11)16-9-10-4-2-1-3-5-10/h6-8,10H,1-5,9,15H2. The highest BCUT2D eigenvalue weighted by Gasteiger charge is 2.14. The molecule has 0 radical (unpaired) electrons. The summed E-state index contributed by atoms with van der Waals surface area (Å²) < 4.78 is 18.6. The van der Waals surface area contributed by atoms with Crippen LogP contribution in [0.5, 0.6) is 5.75 Å². The lowest BCUT2D eigenvalue weighted by Gasteiger charge is -2.21. The van der Waals surface area contributed by atoms with Gasteiger partial charge in [-0.1, -0.05) is 19.3 Å². The van der Waals surface area contributed by atoms with Crippen molar-refractivity contribution in [1.29, 1.82) is 0 Å². The molecule has 2 nitrogen and oxygen atoms in total. The Morgan fingerprint density at radius 3 is 2.62 bits per heavy atom. The van der Waals surface area contributed by atoms with Gasteiger partial charge in [-0.15, -0.1) is 0 Å². The molecule has 3 heteroatoms. The van der Waals surface area contributed by atoms with Crippen molar-refractivity contribution in [2.45, 2.75) is 32.1 Å². The van der Waals surface area contributed by atoms with Gasteiger partial charge in [0.25, 0.3) is 0 Å². The molecule has 2 N–H and O–H groups in total. The van der Waals surface area contributed by atoms with Gasteiger partial charge >= 0.3 is 0 Å². The first-order chi connectivity index (χ1) is 7.74. The van der Waals surface area contributed by atoms with E-state index in [9.17, 15) is 4.39 Å². The number of hydrogen-bond donors (Lipinski definition) is 1. The van der Waals surface area contributed by atoms with Crippen molar-refractivity contribution in [2.24, 2.45) is 5.92 Å². The second-order valence-corrected chi connectivity index (χ2v) is 4.54. The van der Waals surface area contributed by atoms with Gasteiger partial charge in [0.1, 0.15) is 11.6 Å². The Hall–Kier alpha value is -1.25. The van der Waals surface area contributed by atoms with Crippen molar-refractivity contribution in [2.75, 3.05) is 12.3 Å². The zero-order valence-electron chi connectivity index (χ0n) is 9.42. The Bertz CT molecular complexity index is 328. The molecule has 2 rings (SSSR count). The smallest absolute Gasteiger partial charge is 0.128 e. The Balaban J connectivity index is 1.88. The predicted octanol–water partition coefficient (Wildman–Crippen LogP) is 3.37. The highest BCUT2D eigenvalue weighted by molar-refractivity contribution is 5.44. The van der Waals surface area contributed by atoms with Crippen molar-refractivity contribution in [3.05, 3.63) is 24.0 Å². The first kappa shape index (κ1) is 11.2. The van der Waals surface area contributed by atoms with Crippen LogP contribution in [0.3, 0.4) is 0 Å². The molecule has 88 valence electrons.